The van der Waals surface area contributed by atoms with Gasteiger partial charge >= 0.3 is 12.0 Å². The first-order chi connectivity index (χ1) is 10.7. The van der Waals surface area contributed by atoms with E-state index in [2.05, 4.69) is 30.0 Å². The van der Waals surface area contributed by atoms with Crippen molar-refractivity contribution in [3.8, 4) is 0 Å². The Morgan fingerprint density at radius 2 is 2.09 bits per heavy atom. The maximum Gasteiger partial charge on any atom is 0.402 e. The number of aryl methyl sites for hydroxylation is 1. The third-order valence-electron chi connectivity index (χ3n) is 4.20. The van der Waals surface area contributed by atoms with E-state index in [1.807, 2.05) is 17.7 Å². The number of amidine groups is 1. The van der Waals surface area contributed by atoms with E-state index in [-0.39, 0.29) is 24.5 Å². The lowest BCUT2D eigenvalue weighted by Gasteiger charge is -2.33. The lowest BCUT2D eigenvalue weighted by molar-refractivity contribution is -0.677. The number of likely N-dealkylation sites (N-methyl/N-ethyl adjacent to an activating group) is 1. The van der Waals surface area contributed by atoms with Gasteiger partial charge in [0.25, 0.3) is 5.91 Å². The van der Waals surface area contributed by atoms with Gasteiger partial charge in [0.2, 0.25) is 11.9 Å². The minimum absolute atomic E-state index is 0.221. The number of hydrogen-bond donors (Lipinski definition) is 0. The molecule has 122 valence electrons. The number of nitrogens with zero attached hydrogens (tertiary/aromatic N) is 5. The number of hydrogen-bond acceptors (Lipinski definition) is 3. The quantitative estimate of drug-likeness (QED) is 0.630. The maximum atomic E-state index is 12.9. The van der Waals surface area contributed by atoms with E-state index in [1.165, 1.54) is 9.80 Å². The van der Waals surface area contributed by atoms with E-state index in [0.29, 0.717) is 11.8 Å². The Bertz CT molecular complexity index is 759. The van der Waals surface area contributed by atoms with Crippen LogP contribution in [0.3, 0.4) is 0 Å². The smallest absolute Gasteiger partial charge is 0.270 e. The number of imidazole rings is 1. The molecular formula is C16H22N5O2+. The molecular weight excluding hydrogens is 294 g/mol. The van der Waals surface area contributed by atoms with Crippen molar-refractivity contribution in [1.29, 1.82) is 0 Å². The summed E-state index contributed by atoms with van der Waals surface area (Å²) in [5, 5.41) is 0. The summed E-state index contributed by atoms with van der Waals surface area (Å²) in [5.41, 5.74) is 1.80. The second-order valence-corrected chi connectivity index (χ2v) is 6.54. The third-order valence-corrected chi connectivity index (χ3v) is 4.20. The number of carbonyl (C=O) groups is 2. The van der Waals surface area contributed by atoms with Gasteiger partial charge in [-0.15, -0.1) is 0 Å². The Hall–Kier alpha value is -2.44. The van der Waals surface area contributed by atoms with Crippen molar-refractivity contribution < 1.29 is 14.2 Å². The van der Waals surface area contributed by atoms with Crippen LogP contribution >= 0.6 is 0 Å². The molecule has 1 atom stereocenters. The highest BCUT2D eigenvalue weighted by Gasteiger charge is 2.53. The molecule has 0 radical (unpaired) electrons. The summed E-state index contributed by atoms with van der Waals surface area (Å²) in [4.78, 5) is 32.6. The van der Waals surface area contributed by atoms with Crippen molar-refractivity contribution in [2.75, 3.05) is 13.6 Å². The molecule has 0 N–H and O–H groups in total. The Morgan fingerprint density at radius 1 is 1.43 bits per heavy atom. The minimum Gasteiger partial charge on any atom is -0.270 e. The lowest BCUT2D eigenvalue weighted by Crippen LogP contribution is -2.62. The van der Waals surface area contributed by atoms with E-state index in [1.54, 1.807) is 14.0 Å². The lowest BCUT2D eigenvalue weighted by atomic mass is 10.1. The van der Waals surface area contributed by atoms with Gasteiger partial charge in [-0.3, -0.25) is 14.6 Å². The van der Waals surface area contributed by atoms with Gasteiger partial charge in [0, 0.05) is 7.05 Å². The van der Waals surface area contributed by atoms with Crippen molar-refractivity contribution in [2.45, 2.75) is 39.8 Å². The molecule has 23 heavy (non-hydrogen) atoms. The normalized spacial score (nSPS) is 20.1. The van der Waals surface area contributed by atoms with Crippen LogP contribution in [0.4, 0.5) is 10.7 Å². The van der Waals surface area contributed by atoms with Crippen LogP contribution in [0.1, 0.15) is 38.5 Å². The van der Waals surface area contributed by atoms with Crippen LogP contribution in [0, 0.1) is 6.92 Å². The van der Waals surface area contributed by atoms with Gasteiger partial charge in [-0.1, -0.05) is 17.1 Å². The number of fused-ring (bicyclic) bond motifs is 3. The zero-order valence-corrected chi connectivity index (χ0v) is 14.2. The number of imide groups is 1. The SMILES string of the molecule is C=C(C)CN1C(=O)C2C(=Nc3n(C(C)C)c(C)c[n+]32)N(C)C1=O. The predicted octanol–water partition coefficient (Wildman–Crippen LogP) is 1.72. The highest BCUT2D eigenvalue weighted by Crippen LogP contribution is 2.31. The van der Waals surface area contributed by atoms with E-state index in [0.717, 1.165) is 11.3 Å². The summed E-state index contributed by atoms with van der Waals surface area (Å²) in [5.74, 6) is 0.949. The molecule has 1 saturated heterocycles. The fourth-order valence-electron chi connectivity index (χ4n) is 3.26. The van der Waals surface area contributed by atoms with Crippen molar-refractivity contribution in [2.24, 2.45) is 4.99 Å². The Kier molecular flexibility index (Phi) is 3.39. The van der Waals surface area contributed by atoms with Crippen LogP contribution in [-0.2, 0) is 4.79 Å². The molecule has 0 bridgehead atoms. The van der Waals surface area contributed by atoms with Gasteiger partial charge in [0.05, 0.1) is 12.6 Å². The standard InChI is InChI=1S/C16H22N5O2/c1-9(2)7-20-14(22)12-13(18(6)16(20)23)17-15-19(12)8-11(5)21(15)10(3)4/h8,10,12H,1,7H2,2-6H3/q+1. The molecule has 2 aliphatic rings. The molecule has 7 heteroatoms. The number of amides is 3. The zero-order chi connectivity index (χ0) is 17.0. The molecule has 0 aliphatic carbocycles. The Labute approximate surface area is 135 Å². The Morgan fingerprint density at radius 3 is 2.65 bits per heavy atom. The summed E-state index contributed by atoms with van der Waals surface area (Å²) in [6, 6.07) is -0.712. The first kappa shape index (κ1) is 15.5. The number of aliphatic imine (C=N–C) groups is 1. The average molecular weight is 316 g/mol. The van der Waals surface area contributed by atoms with Crippen LogP contribution in [-0.4, -0.2) is 45.7 Å². The molecule has 0 saturated carbocycles. The molecule has 3 amide bonds. The molecule has 1 unspecified atom stereocenters. The van der Waals surface area contributed by atoms with E-state index >= 15 is 0 Å². The van der Waals surface area contributed by atoms with Crippen molar-refractivity contribution in [1.82, 2.24) is 14.4 Å². The van der Waals surface area contributed by atoms with Crippen molar-refractivity contribution in [3.63, 3.8) is 0 Å². The average Bonchev–Trinajstić information content (AvgIpc) is 2.95. The molecule has 2 aliphatic heterocycles. The first-order valence-corrected chi connectivity index (χ1v) is 7.69. The molecule has 3 rings (SSSR count). The van der Waals surface area contributed by atoms with Crippen LogP contribution in [0.15, 0.2) is 23.3 Å². The number of rotatable bonds is 3. The van der Waals surface area contributed by atoms with E-state index in [4.69, 9.17) is 0 Å². The first-order valence-electron chi connectivity index (χ1n) is 7.69. The molecule has 1 fully saturated rings. The molecule has 7 nitrogen and oxygen atoms in total. The van der Waals surface area contributed by atoms with Gasteiger partial charge in [0.1, 0.15) is 11.9 Å². The topological polar surface area (TPSA) is 61.8 Å². The van der Waals surface area contributed by atoms with Gasteiger partial charge in [0.15, 0.2) is 0 Å². The fourth-order valence-corrected chi connectivity index (χ4v) is 3.26. The summed E-state index contributed by atoms with van der Waals surface area (Å²) in [7, 11) is 1.66. The van der Waals surface area contributed by atoms with Crippen LogP contribution < -0.4 is 4.57 Å². The zero-order valence-electron chi connectivity index (χ0n) is 14.2. The summed E-state index contributed by atoms with van der Waals surface area (Å²) >= 11 is 0. The third kappa shape index (κ3) is 2.10. The maximum absolute atomic E-state index is 12.9. The Balaban J connectivity index is 2.11. The molecule has 0 aromatic carbocycles. The van der Waals surface area contributed by atoms with Crippen LogP contribution in [0.5, 0.6) is 0 Å². The second-order valence-electron chi connectivity index (χ2n) is 6.54. The van der Waals surface area contributed by atoms with Crippen molar-refractivity contribution >= 4 is 23.7 Å². The van der Waals surface area contributed by atoms with E-state index < -0.39 is 6.04 Å². The predicted molar refractivity (Wildman–Crippen MR) is 85.6 cm³/mol. The molecule has 1 aromatic heterocycles. The van der Waals surface area contributed by atoms with E-state index in [9.17, 15) is 9.59 Å². The van der Waals surface area contributed by atoms with Gasteiger partial charge in [-0.05, 0) is 27.7 Å². The van der Waals surface area contributed by atoms with Gasteiger partial charge in [-0.2, -0.15) is 0 Å². The fraction of sp³-hybridized carbons (Fsp3) is 0.500. The minimum atomic E-state index is -0.578. The summed E-state index contributed by atoms with van der Waals surface area (Å²) in [6.45, 7) is 12.0. The van der Waals surface area contributed by atoms with Crippen LogP contribution in [0.25, 0.3) is 0 Å². The van der Waals surface area contributed by atoms with Crippen molar-refractivity contribution in [3.05, 3.63) is 24.0 Å². The highest BCUT2D eigenvalue weighted by molar-refractivity contribution is 6.19. The monoisotopic (exact) mass is 316 g/mol. The number of urea groups is 1. The molecule has 1 aromatic rings. The number of carbonyl (C=O) groups excluding carboxylic acids is 2. The second kappa shape index (κ2) is 5.04. The van der Waals surface area contributed by atoms with Crippen LogP contribution in [0.2, 0.25) is 0 Å². The summed E-state index contributed by atoms with van der Waals surface area (Å²) < 4.78 is 3.93. The molecule has 0 spiro atoms. The summed E-state index contributed by atoms with van der Waals surface area (Å²) in [6.07, 6.45) is 1.93. The highest BCUT2D eigenvalue weighted by atomic mass is 16.2. The number of aromatic nitrogens is 2. The largest absolute Gasteiger partial charge is 0.402 e. The van der Waals surface area contributed by atoms with Gasteiger partial charge in [-0.25, -0.2) is 13.9 Å². The van der Waals surface area contributed by atoms with Gasteiger partial charge < -0.3 is 0 Å². The molecule has 3 heterocycles.